The van der Waals surface area contributed by atoms with Gasteiger partial charge in [0, 0.05) is 0 Å². The zero-order valence-corrected chi connectivity index (χ0v) is 6.57. The fourth-order valence-electron chi connectivity index (χ4n) is 1.05. The molecule has 12 heavy (non-hydrogen) atoms. The maximum atomic E-state index is 5.33. The van der Waals surface area contributed by atoms with Crippen molar-refractivity contribution in [3.8, 4) is 11.3 Å². The van der Waals surface area contributed by atoms with Crippen molar-refractivity contribution in [1.82, 2.24) is 4.98 Å². The van der Waals surface area contributed by atoms with Crippen LogP contribution in [0.4, 0.5) is 6.01 Å². The molecule has 0 aliphatic carbocycles. The Morgan fingerprint density at radius 3 is 2.83 bits per heavy atom. The Labute approximate surface area is 69.0 Å². The molecule has 4 heteroatoms. The fraction of sp³-hybridized carbons (Fsp3) is 0.125. The molecule has 4 nitrogen and oxygen atoms in total. The van der Waals surface area contributed by atoms with Crippen molar-refractivity contribution >= 4 is 6.01 Å². The van der Waals surface area contributed by atoms with Gasteiger partial charge in [0.05, 0.1) is 18.0 Å². The lowest BCUT2D eigenvalue weighted by Crippen LogP contribution is -1.79. The molecule has 0 radical (unpaired) electrons. The summed E-state index contributed by atoms with van der Waals surface area (Å²) in [5.74, 6) is 1.44. The maximum Gasteiger partial charge on any atom is 0.292 e. The smallest absolute Gasteiger partial charge is 0.292 e. The minimum atomic E-state index is 0.172. The number of rotatable bonds is 1. The van der Waals surface area contributed by atoms with Crippen LogP contribution in [0.25, 0.3) is 11.3 Å². The second-order valence-electron chi connectivity index (χ2n) is 2.45. The quantitative estimate of drug-likeness (QED) is 0.698. The molecule has 62 valence electrons. The van der Waals surface area contributed by atoms with Crippen molar-refractivity contribution in [3.05, 3.63) is 24.3 Å². The van der Waals surface area contributed by atoms with Crippen molar-refractivity contribution in [2.45, 2.75) is 6.92 Å². The van der Waals surface area contributed by atoms with Gasteiger partial charge in [-0.2, -0.15) is 0 Å². The van der Waals surface area contributed by atoms with Gasteiger partial charge in [0.1, 0.15) is 5.76 Å². The van der Waals surface area contributed by atoms with E-state index in [9.17, 15) is 0 Å². The number of nitrogens with two attached hydrogens (primary N) is 1. The standard InChI is InChI=1S/C8H8N2O2/c1-5-6(2-3-11-5)7-4-10-8(9)12-7/h2-4H,1H3,(H2,9,10). The highest BCUT2D eigenvalue weighted by Gasteiger charge is 2.08. The van der Waals surface area contributed by atoms with E-state index < -0.39 is 0 Å². The Balaban J connectivity index is 2.50. The summed E-state index contributed by atoms with van der Waals surface area (Å²) in [5.41, 5.74) is 6.21. The van der Waals surface area contributed by atoms with E-state index in [1.165, 1.54) is 0 Å². The first-order valence-electron chi connectivity index (χ1n) is 3.53. The molecular formula is C8H8N2O2. The molecule has 0 bridgehead atoms. The number of aryl methyl sites for hydroxylation is 1. The molecule has 2 rings (SSSR count). The highest BCUT2D eigenvalue weighted by Crippen LogP contribution is 2.25. The summed E-state index contributed by atoms with van der Waals surface area (Å²) < 4.78 is 10.2. The van der Waals surface area contributed by atoms with Crippen molar-refractivity contribution in [2.75, 3.05) is 5.73 Å². The molecule has 0 saturated carbocycles. The van der Waals surface area contributed by atoms with Crippen LogP contribution in [0.3, 0.4) is 0 Å². The maximum absolute atomic E-state index is 5.33. The van der Waals surface area contributed by atoms with Crippen molar-refractivity contribution < 1.29 is 8.83 Å². The summed E-state index contributed by atoms with van der Waals surface area (Å²) in [6, 6.07) is 1.99. The average molecular weight is 164 g/mol. The number of nitrogens with zero attached hydrogens (tertiary/aromatic N) is 1. The molecule has 0 unspecified atom stereocenters. The Hall–Kier alpha value is -1.71. The first-order chi connectivity index (χ1) is 5.77. The van der Waals surface area contributed by atoms with E-state index >= 15 is 0 Å². The lowest BCUT2D eigenvalue weighted by Gasteiger charge is -1.89. The number of hydrogen-bond donors (Lipinski definition) is 1. The predicted molar refractivity (Wildman–Crippen MR) is 43.4 cm³/mol. The molecule has 0 saturated heterocycles. The Morgan fingerprint density at radius 1 is 1.50 bits per heavy atom. The highest BCUT2D eigenvalue weighted by atomic mass is 16.4. The second kappa shape index (κ2) is 2.41. The zero-order chi connectivity index (χ0) is 8.55. The Bertz CT molecular complexity index is 389. The van der Waals surface area contributed by atoms with Gasteiger partial charge in [-0.15, -0.1) is 0 Å². The molecule has 0 amide bonds. The lowest BCUT2D eigenvalue weighted by atomic mass is 10.2. The van der Waals surface area contributed by atoms with Crippen LogP contribution < -0.4 is 5.73 Å². The van der Waals surface area contributed by atoms with Gasteiger partial charge in [-0.05, 0) is 13.0 Å². The number of hydrogen-bond acceptors (Lipinski definition) is 4. The minimum absolute atomic E-state index is 0.172. The minimum Gasteiger partial charge on any atom is -0.469 e. The first-order valence-corrected chi connectivity index (χ1v) is 3.53. The molecule has 2 heterocycles. The summed E-state index contributed by atoms with van der Waals surface area (Å²) in [7, 11) is 0. The molecule has 0 aliphatic heterocycles. The Morgan fingerprint density at radius 2 is 2.33 bits per heavy atom. The fourth-order valence-corrected chi connectivity index (χ4v) is 1.05. The lowest BCUT2D eigenvalue weighted by molar-refractivity contribution is 0.532. The van der Waals surface area contributed by atoms with Gasteiger partial charge in [-0.3, -0.25) is 0 Å². The highest BCUT2D eigenvalue weighted by molar-refractivity contribution is 5.58. The Kier molecular flexibility index (Phi) is 1.40. The van der Waals surface area contributed by atoms with Crippen LogP contribution in [0.2, 0.25) is 0 Å². The topological polar surface area (TPSA) is 65.2 Å². The van der Waals surface area contributed by atoms with Crippen LogP contribution in [0.5, 0.6) is 0 Å². The zero-order valence-electron chi connectivity index (χ0n) is 6.57. The van der Waals surface area contributed by atoms with E-state index in [4.69, 9.17) is 14.6 Å². The number of anilines is 1. The molecule has 0 fully saturated rings. The van der Waals surface area contributed by atoms with Gasteiger partial charge in [-0.1, -0.05) is 0 Å². The molecule has 2 N–H and O–H groups in total. The van der Waals surface area contributed by atoms with Crippen LogP contribution in [-0.4, -0.2) is 4.98 Å². The van der Waals surface area contributed by atoms with Crippen molar-refractivity contribution in [3.63, 3.8) is 0 Å². The molecule has 2 aromatic heterocycles. The van der Waals surface area contributed by atoms with Crippen molar-refractivity contribution in [1.29, 1.82) is 0 Å². The largest absolute Gasteiger partial charge is 0.469 e. The van der Waals surface area contributed by atoms with E-state index in [-0.39, 0.29) is 6.01 Å². The van der Waals surface area contributed by atoms with Crippen LogP contribution >= 0.6 is 0 Å². The second-order valence-corrected chi connectivity index (χ2v) is 2.45. The monoisotopic (exact) mass is 164 g/mol. The van der Waals surface area contributed by atoms with E-state index in [0.29, 0.717) is 5.76 Å². The summed E-state index contributed by atoms with van der Waals surface area (Å²) in [6.45, 7) is 1.86. The number of furan rings is 1. The van der Waals surface area contributed by atoms with Crippen LogP contribution in [0.1, 0.15) is 5.76 Å². The number of oxazole rings is 1. The third-order valence-corrected chi connectivity index (χ3v) is 1.65. The molecule has 2 aromatic rings. The van der Waals surface area contributed by atoms with Gasteiger partial charge >= 0.3 is 0 Å². The van der Waals surface area contributed by atoms with Crippen molar-refractivity contribution in [2.24, 2.45) is 0 Å². The van der Waals surface area contributed by atoms with Gasteiger partial charge in [-0.25, -0.2) is 4.98 Å². The average Bonchev–Trinajstić information content (AvgIpc) is 2.58. The summed E-state index contributed by atoms with van der Waals surface area (Å²) >= 11 is 0. The number of nitrogen functional groups attached to an aromatic ring is 1. The van der Waals surface area contributed by atoms with E-state index in [0.717, 1.165) is 11.3 Å². The summed E-state index contributed by atoms with van der Waals surface area (Å²) in [6.07, 6.45) is 3.18. The van der Waals surface area contributed by atoms with E-state index in [2.05, 4.69) is 4.98 Å². The molecular weight excluding hydrogens is 156 g/mol. The number of aromatic nitrogens is 1. The van der Waals surface area contributed by atoms with Crippen LogP contribution in [0, 0.1) is 6.92 Å². The first kappa shape index (κ1) is 6.97. The van der Waals surface area contributed by atoms with Crippen LogP contribution in [0.15, 0.2) is 27.4 Å². The predicted octanol–water partition coefficient (Wildman–Crippen LogP) is 1.83. The molecule has 0 spiro atoms. The summed E-state index contributed by atoms with van der Waals surface area (Å²) in [4.78, 5) is 3.78. The van der Waals surface area contributed by atoms with Crippen LogP contribution in [-0.2, 0) is 0 Å². The molecule has 0 aromatic carbocycles. The third kappa shape index (κ3) is 0.972. The summed E-state index contributed by atoms with van der Waals surface area (Å²) in [5, 5.41) is 0. The van der Waals surface area contributed by atoms with E-state index in [1.807, 2.05) is 13.0 Å². The third-order valence-electron chi connectivity index (χ3n) is 1.65. The van der Waals surface area contributed by atoms with Gasteiger partial charge < -0.3 is 14.6 Å². The normalized spacial score (nSPS) is 10.4. The van der Waals surface area contributed by atoms with Gasteiger partial charge in [0.15, 0.2) is 5.76 Å². The van der Waals surface area contributed by atoms with Gasteiger partial charge in [0.25, 0.3) is 6.01 Å². The SMILES string of the molecule is Cc1occc1-c1cnc(N)o1. The molecule has 0 aliphatic rings. The van der Waals surface area contributed by atoms with Gasteiger partial charge in [0.2, 0.25) is 0 Å². The molecule has 0 atom stereocenters. The van der Waals surface area contributed by atoms with E-state index in [1.54, 1.807) is 12.5 Å².